The van der Waals surface area contributed by atoms with Gasteiger partial charge < -0.3 is 16.4 Å². The number of benzene rings is 1. The number of carbonyl (C=O) groups is 1. The fraction of sp³-hybridized carbons (Fsp3) is 0.111. The number of anilines is 1. The van der Waals surface area contributed by atoms with Gasteiger partial charge in [-0.05, 0) is 29.8 Å². The SMILES string of the molecule is N#Cc1ccc(-c2c[nH]n(-c3ccc(NC(=O)NCCN)cn3)c2=O)cc1. The molecule has 1 aromatic carbocycles. The van der Waals surface area contributed by atoms with Crippen LogP contribution < -0.4 is 21.9 Å². The molecule has 0 fully saturated rings. The molecule has 0 bridgehead atoms. The van der Waals surface area contributed by atoms with Crippen LogP contribution in [0.4, 0.5) is 10.5 Å². The van der Waals surface area contributed by atoms with Crippen LogP contribution in [0.15, 0.2) is 53.6 Å². The Balaban J connectivity index is 1.79. The zero-order valence-electron chi connectivity index (χ0n) is 14.3. The Labute approximate surface area is 154 Å². The summed E-state index contributed by atoms with van der Waals surface area (Å²) in [5, 5.41) is 16.9. The lowest BCUT2D eigenvalue weighted by Gasteiger charge is -2.07. The number of hydrogen-bond donors (Lipinski definition) is 4. The highest BCUT2D eigenvalue weighted by molar-refractivity contribution is 5.89. The summed E-state index contributed by atoms with van der Waals surface area (Å²) < 4.78 is 1.30. The van der Waals surface area contributed by atoms with Crippen molar-refractivity contribution < 1.29 is 4.79 Å². The number of rotatable bonds is 5. The number of nitriles is 1. The number of urea groups is 1. The molecule has 0 aliphatic carbocycles. The van der Waals surface area contributed by atoms with Gasteiger partial charge in [0.2, 0.25) is 0 Å². The predicted molar refractivity (Wildman–Crippen MR) is 100 cm³/mol. The van der Waals surface area contributed by atoms with Gasteiger partial charge in [-0.1, -0.05) is 12.1 Å². The summed E-state index contributed by atoms with van der Waals surface area (Å²) >= 11 is 0. The first kappa shape index (κ1) is 17.9. The average molecular weight is 363 g/mol. The van der Waals surface area contributed by atoms with E-state index in [1.807, 2.05) is 6.07 Å². The molecular weight excluding hydrogens is 346 g/mol. The van der Waals surface area contributed by atoms with Crippen molar-refractivity contribution in [2.24, 2.45) is 5.73 Å². The normalized spacial score (nSPS) is 10.2. The van der Waals surface area contributed by atoms with Crippen molar-refractivity contribution in [3.05, 3.63) is 64.7 Å². The molecular formula is C18H17N7O2. The van der Waals surface area contributed by atoms with Crippen LogP contribution in [0, 0.1) is 11.3 Å². The lowest BCUT2D eigenvalue weighted by molar-refractivity contribution is 0.252. The van der Waals surface area contributed by atoms with Crippen molar-refractivity contribution >= 4 is 11.7 Å². The van der Waals surface area contributed by atoms with E-state index in [4.69, 9.17) is 11.0 Å². The monoisotopic (exact) mass is 363 g/mol. The molecule has 9 nitrogen and oxygen atoms in total. The second kappa shape index (κ2) is 7.99. The average Bonchev–Trinajstić information content (AvgIpc) is 3.08. The van der Waals surface area contributed by atoms with Gasteiger partial charge in [0.25, 0.3) is 5.56 Å². The van der Waals surface area contributed by atoms with Gasteiger partial charge in [0.1, 0.15) is 0 Å². The first-order chi connectivity index (χ1) is 13.1. The summed E-state index contributed by atoms with van der Waals surface area (Å²) in [5.41, 5.74) is 7.22. The van der Waals surface area contributed by atoms with Crippen molar-refractivity contribution in [3.63, 3.8) is 0 Å². The zero-order valence-corrected chi connectivity index (χ0v) is 14.3. The van der Waals surface area contributed by atoms with Gasteiger partial charge in [0.05, 0.1) is 29.1 Å². The van der Waals surface area contributed by atoms with Crippen molar-refractivity contribution in [1.29, 1.82) is 5.26 Å². The first-order valence-corrected chi connectivity index (χ1v) is 8.14. The molecule has 27 heavy (non-hydrogen) atoms. The number of nitrogens with zero attached hydrogens (tertiary/aromatic N) is 3. The molecule has 2 heterocycles. The molecule has 0 unspecified atom stereocenters. The fourth-order valence-electron chi connectivity index (χ4n) is 2.42. The van der Waals surface area contributed by atoms with Gasteiger partial charge in [0.15, 0.2) is 5.82 Å². The lowest BCUT2D eigenvalue weighted by Crippen LogP contribution is -2.32. The Bertz CT molecular complexity index is 1030. The fourth-order valence-corrected chi connectivity index (χ4v) is 2.42. The van der Waals surface area contributed by atoms with Crippen molar-refractivity contribution in [1.82, 2.24) is 20.1 Å². The van der Waals surface area contributed by atoms with E-state index in [0.717, 1.165) is 0 Å². The van der Waals surface area contributed by atoms with Crippen LogP contribution in [0.2, 0.25) is 0 Å². The number of aromatic amines is 1. The number of aromatic nitrogens is 3. The Kier molecular flexibility index (Phi) is 5.30. The largest absolute Gasteiger partial charge is 0.337 e. The van der Waals surface area contributed by atoms with Gasteiger partial charge >= 0.3 is 6.03 Å². The minimum atomic E-state index is -0.379. The van der Waals surface area contributed by atoms with E-state index in [0.29, 0.717) is 41.3 Å². The molecule has 9 heteroatoms. The number of nitrogens with two attached hydrogens (primary N) is 1. The van der Waals surface area contributed by atoms with E-state index < -0.39 is 0 Å². The van der Waals surface area contributed by atoms with Gasteiger partial charge in [-0.15, -0.1) is 0 Å². The van der Waals surface area contributed by atoms with E-state index >= 15 is 0 Å². The highest BCUT2D eigenvalue weighted by Gasteiger charge is 2.11. The second-order valence-electron chi connectivity index (χ2n) is 5.59. The molecule has 3 aromatic rings. The molecule has 0 aliphatic rings. The molecule has 3 rings (SSSR count). The van der Waals surface area contributed by atoms with E-state index in [9.17, 15) is 9.59 Å². The minimum Gasteiger partial charge on any atom is -0.337 e. The third-order valence-corrected chi connectivity index (χ3v) is 3.76. The number of amides is 2. The van der Waals surface area contributed by atoms with Crippen LogP contribution in [-0.2, 0) is 0 Å². The van der Waals surface area contributed by atoms with E-state index in [1.165, 1.54) is 10.9 Å². The van der Waals surface area contributed by atoms with E-state index in [1.54, 1.807) is 42.6 Å². The number of H-pyrrole nitrogens is 1. The first-order valence-electron chi connectivity index (χ1n) is 8.14. The predicted octanol–water partition coefficient (Wildman–Crippen LogP) is 1.18. The van der Waals surface area contributed by atoms with Crippen LogP contribution in [0.3, 0.4) is 0 Å². The summed E-state index contributed by atoms with van der Waals surface area (Å²) in [4.78, 5) is 28.4. The quantitative estimate of drug-likeness (QED) is 0.538. The highest BCUT2D eigenvalue weighted by atomic mass is 16.2. The summed E-state index contributed by atoms with van der Waals surface area (Å²) in [5.74, 6) is 0.382. The zero-order chi connectivity index (χ0) is 19.2. The Morgan fingerprint density at radius 1 is 1.26 bits per heavy atom. The Hall–Kier alpha value is -3.90. The third kappa shape index (κ3) is 4.02. The lowest BCUT2D eigenvalue weighted by atomic mass is 10.1. The van der Waals surface area contributed by atoms with Crippen molar-refractivity contribution in [2.75, 3.05) is 18.4 Å². The van der Waals surface area contributed by atoms with Crippen LogP contribution >= 0.6 is 0 Å². The summed E-state index contributed by atoms with van der Waals surface area (Å²) in [6.45, 7) is 0.718. The van der Waals surface area contributed by atoms with Gasteiger partial charge in [-0.3, -0.25) is 9.89 Å². The maximum Gasteiger partial charge on any atom is 0.319 e. The molecule has 5 N–H and O–H groups in total. The molecule has 136 valence electrons. The third-order valence-electron chi connectivity index (χ3n) is 3.76. The summed E-state index contributed by atoms with van der Waals surface area (Å²) in [6.07, 6.45) is 3.03. The molecule has 2 amide bonds. The standard InChI is InChI=1S/C18H17N7O2/c19-7-8-21-18(27)24-14-5-6-16(22-10-14)25-17(26)15(11-23-25)13-3-1-12(9-20)2-4-13/h1-6,10-11,23H,7-8,19H2,(H2,21,24,27). The Morgan fingerprint density at radius 2 is 2.04 bits per heavy atom. The topological polar surface area (TPSA) is 142 Å². The highest BCUT2D eigenvalue weighted by Crippen LogP contribution is 2.16. The molecule has 0 saturated heterocycles. The van der Waals surface area contributed by atoms with Gasteiger partial charge in [-0.2, -0.15) is 5.26 Å². The van der Waals surface area contributed by atoms with Gasteiger partial charge in [0, 0.05) is 19.3 Å². The molecule has 0 aliphatic heterocycles. The minimum absolute atomic E-state index is 0.270. The van der Waals surface area contributed by atoms with E-state index in [2.05, 4.69) is 20.7 Å². The maximum atomic E-state index is 12.6. The molecule has 0 spiro atoms. The molecule has 0 saturated carbocycles. The summed E-state index contributed by atoms with van der Waals surface area (Å²) in [6, 6.07) is 11.6. The molecule has 2 aromatic heterocycles. The summed E-state index contributed by atoms with van der Waals surface area (Å²) in [7, 11) is 0. The number of pyridine rings is 1. The Morgan fingerprint density at radius 3 is 2.67 bits per heavy atom. The smallest absolute Gasteiger partial charge is 0.319 e. The maximum absolute atomic E-state index is 12.6. The number of nitrogens with one attached hydrogen (secondary N) is 3. The van der Waals surface area contributed by atoms with Crippen LogP contribution in [0.25, 0.3) is 16.9 Å². The van der Waals surface area contributed by atoms with E-state index in [-0.39, 0.29) is 11.6 Å². The van der Waals surface area contributed by atoms with Crippen molar-refractivity contribution in [3.8, 4) is 23.0 Å². The van der Waals surface area contributed by atoms with Crippen LogP contribution in [0.5, 0.6) is 0 Å². The second-order valence-corrected chi connectivity index (χ2v) is 5.59. The molecule has 0 radical (unpaired) electrons. The number of hydrogen-bond acceptors (Lipinski definition) is 5. The number of carbonyl (C=O) groups excluding carboxylic acids is 1. The molecule has 0 atom stereocenters. The van der Waals surface area contributed by atoms with Gasteiger partial charge in [-0.25, -0.2) is 14.5 Å². The van der Waals surface area contributed by atoms with Crippen LogP contribution in [0.1, 0.15) is 5.56 Å². The van der Waals surface area contributed by atoms with Crippen molar-refractivity contribution in [2.45, 2.75) is 0 Å². The van der Waals surface area contributed by atoms with Crippen LogP contribution in [-0.4, -0.2) is 33.9 Å².